The highest BCUT2D eigenvalue weighted by molar-refractivity contribution is 5.98. The Balaban J connectivity index is 2.30. The summed E-state index contributed by atoms with van der Waals surface area (Å²) in [6.07, 6.45) is 2.50. The molecule has 1 heterocycles. The van der Waals surface area contributed by atoms with E-state index in [0.29, 0.717) is 18.5 Å². The number of fused-ring (bicyclic) bond motifs is 1. The van der Waals surface area contributed by atoms with Crippen LogP contribution in [0.1, 0.15) is 22.3 Å². The number of carbonyl (C=O) groups is 2. The number of amides is 1. The van der Waals surface area contributed by atoms with Gasteiger partial charge in [0.05, 0.1) is 0 Å². The third-order valence-corrected chi connectivity index (χ3v) is 3.18. The summed E-state index contributed by atoms with van der Waals surface area (Å²) >= 11 is 0. The normalized spacial score (nSPS) is 16.0. The first kappa shape index (κ1) is 12.4. The van der Waals surface area contributed by atoms with Gasteiger partial charge in [-0.05, 0) is 24.5 Å². The molecule has 1 aromatic carbocycles. The predicted molar refractivity (Wildman–Crippen MR) is 67.4 cm³/mol. The van der Waals surface area contributed by atoms with Gasteiger partial charge in [-0.15, -0.1) is 6.58 Å². The molecular formula is C14H15NO3. The Morgan fingerprint density at radius 1 is 1.50 bits per heavy atom. The highest BCUT2D eigenvalue weighted by atomic mass is 16.4. The lowest BCUT2D eigenvalue weighted by Gasteiger charge is -2.32. The van der Waals surface area contributed by atoms with Crippen molar-refractivity contribution in [3.63, 3.8) is 0 Å². The van der Waals surface area contributed by atoms with E-state index in [0.717, 1.165) is 5.56 Å². The Labute approximate surface area is 106 Å². The lowest BCUT2D eigenvalue weighted by atomic mass is 9.97. The molecule has 1 aliphatic heterocycles. The van der Waals surface area contributed by atoms with Gasteiger partial charge in [-0.1, -0.05) is 24.3 Å². The lowest BCUT2D eigenvalue weighted by molar-refractivity contribution is -0.142. The Morgan fingerprint density at radius 2 is 2.22 bits per heavy atom. The van der Waals surface area contributed by atoms with Crippen LogP contribution in [0, 0.1) is 0 Å². The molecule has 0 aliphatic carbocycles. The van der Waals surface area contributed by atoms with Crippen molar-refractivity contribution in [3.05, 3.63) is 48.0 Å². The number of carboxylic acid groups (broad SMARTS) is 1. The molecule has 1 unspecified atom stereocenters. The van der Waals surface area contributed by atoms with Crippen LogP contribution in [0.25, 0.3) is 0 Å². The number of rotatable bonds is 4. The molecule has 0 radical (unpaired) electrons. The van der Waals surface area contributed by atoms with Gasteiger partial charge < -0.3 is 10.0 Å². The highest BCUT2D eigenvalue weighted by Crippen LogP contribution is 2.21. The number of benzene rings is 1. The molecule has 1 atom stereocenters. The zero-order valence-corrected chi connectivity index (χ0v) is 10.0. The van der Waals surface area contributed by atoms with Crippen molar-refractivity contribution in [1.82, 2.24) is 4.90 Å². The van der Waals surface area contributed by atoms with Crippen LogP contribution in [0.5, 0.6) is 0 Å². The first-order valence-electron chi connectivity index (χ1n) is 5.87. The average Bonchev–Trinajstić information content (AvgIpc) is 2.37. The molecule has 94 valence electrons. The first-order chi connectivity index (χ1) is 8.65. The molecule has 18 heavy (non-hydrogen) atoms. The summed E-state index contributed by atoms with van der Waals surface area (Å²) in [4.78, 5) is 24.9. The van der Waals surface area contributed by atoms with Crippen molar-refractivity contribution in [2.75, 3.05) is 6.54 Å². The van der Waals surface area contributed by atoms with E-state index in [1.54, 1.807) is 12.1 Å². The SMILES string of the molecule is C=CCC(C(=O)O)N1CCc2ccccc2C1=O. The van der Waals surface area contributed by atoms with Gasteiger partial charge in [0.1, 0.15) is 6.04 Å². The van der Waals surface area contributed by atoms with Crippen molar-refractivity contribution in [2.45, 2.75) is 18.9 Å². The molecule has 0 saturated carbocycles. The molecule has 0 saturated heterocycles. The number of nitrogens with zero attached hydrogens (tertiary/aromatic N) is 1. The smallest absolute Gasteiger partial charge is 0.326 e. The predicted octanol–water partition coefficient (Wildman–Crippen LogP) is 1.71. The van der Waals surface area contributed by atoms with E-state index in [2.05, 4.69) is 6.58 Å². The molecule has 1 aromatic rings. The maximum absolute atomic E-state index is 12.3. The van der Waals surface area contributed by atoms with Crippen molar-refractivity contribution in [1.29, 1.82) is 0 Å². The molecule has 1 aliphatic rings. The first-order valence-corrected chi connectivity index (χ1v) is 5.87. The van der Waals surface area contributed by atoms with E-state index in [9.17, 15) is 14.7 Å². The molecular weight excluding hydrogens is 230 g/mol. The number of hydrogen-bond donors (Lipinski definition) is 1. The van der Waals surface area contributed by atoms with Crippen LogP contribution in [-0.4, -0.2) is 34.5 Å². The minimum atomic E-state index is -0.984. The molecule has 1 amide bonds. The zero-order chi connectivity index (χ0) is 13.1. The van der Waals surface area contributed by atoms with Gasteiger partial charge in [0, 0.05) is 12.1 Å². The molecule has 0 aromatic heterocycles. The van der Waals surface area contributed by atoms with E-state index < -0.39 is 12.0 Å². The number of aliphatic carboxylic acids is 1. The van der Waals surface area contributed by atoms with Gasteiger partial charge in [0.25, 0.3) is 5.91 Å². The quantitative estimate of drug-likeness (QED) is 0.822. The van der Waals surface area contributed by atoms with E-state index >= 15 is 0 Å². The third-order valence-electron chi connectivity index (χ3n) is 3.18. The summed E-state index contributed by atoms with van der Waals surface area (Å²) in [5.41, 5.74) is 1.60. The Morgan fingerprint density at radius 3 is 2.89 bits per heavy atom. The standard InChI is InChI=1S/C14H15NO3/c1-2-5-12(14(17)18)15-9-8-10-6-3-4-7-11(10)13(15)16/h2-4,6-7,12H,1,5,8-9H2,(H,17,18). The Hall–Kier alpha value is -2.10. The third kappa shape index (κ3) is 2.14. The Bertz CT molecular complexity index is 496. The number of carboxylic acids is 1. The molecule has 4 nitrogen and oxygen atoms in total. The van der Waals surface area contributed by atoms with E-state index in [-0.39, 0.29) is 12.3 Å². The monoisotopic (exact) mass is 245 g/mol. The summed E-state index contributed by atoms with van der Waals surface area (Å²) in [6.45, 7) is 3.99. The highest BCUT2D eigenvalue weighted by Gasteiger charge is 2.32. The van der Waals surface area contributed by atoms with Crippen LogP contribution in [-0.2, 0) is 11.2 Å². The molecule has 0 bridgehead atoms. The van der Waals surface area contributed by atoms with Crippen molar-refractivity contribution >= 4 is 11.9 Å². The van der Waals surface area contributed by atoms with Crippen LogP contribution in [0.4, 0.5) is 0 Å². The summed E-state index contributed by atoms with van der Waals surface area (Å²) in [7, 11) is 0. The molecule has 2 rings (SSSR count). The topological polar surface area (TPSA) is 57.6 Å². The second-order valence-electron chi connectivity index (χ2n) is 4.28. The molecule has 1 N–H and O–H groups in total. The van der Waals surface area contributed by atoms with Crippen molar-refractivity contribution in [3.8, 4) is 0 Å². The average molecular weight is 245 g/mol. The molecule has 4 heteroatoms. The summed E-state index contributed by atoms with van der Waals surface area (Å²) in [6, 6.07) is 6.53. The fourth-order valence-electron chi connectivity index (χ4n) is 2.26. The van der Waals surface area contributed by atoms with Crippen molar-refractivity contribution in [2.24, 2.45) is 0 Å². The van der Waals surface area contributed by atoms with Gasteiger partial charge in [-0.2, -0.15) is 0 Å². The van der Waals surface area contributed by atoms with Crippen LogP contribution >= 0.6 is 0 Å². The second kappa shape index (κ2) is 5.04. The summed E-state index contributed by atoms with van der Waals surface area (Å²) in [5.74, 6) is -1.19. The molecule has 0 spiro atoms. The number of carbonyl (C=O) groups excluding carboxylic acids is 1. The Kier molecular flexibility index (Phi) is 3.46. The van der Waals surface area contributed by atoms with Crippen LogP contribution < -0.4 is 0 Å². The fraction of sp³-hybridized carbons (Fsp3) is 0.286. The van der Waals surface area contributed by atoms with Crippen LogP contribution in [0.3, 0.4) is 0 Å². The maximum atomic E-state index is 12.3. The van der Waals surface area contributed by atoms with E-state index in [4.69, 9.17) is 0 Å². The maximum Gasteiger partial charge on any atom is 0.326 e. The fourth-order valence-corrected chi connectivity index (χ4v) is 2.26. The van der Waals surface area contributed by atoms with Gasteiger partial charge in [-0.3, -0.25) is 4.79 Å². The van der Waals surface area contributed by atoms with E-state index in [1.165, 1.54) is 11.0 Å². The van der Waals surface area contributed by atoms with Gasteiger partial charge in [0.2, 0.25) is 0 Å². The summed E-state index contributed by atoms with van der Waals surface area (Å²) in [5, 5.41) is 9.18. The van der Waals surface area contributed by atoms with Gasteiger partial charge in [-0.25, -0.2) is 4.79 Å². The lowest BCUT2D eigenvalue weighted by Crippen LogP contribution is -2.48. The van der Waals surface area contributed by atoms with Gasteiger partial charge >= 0.3 is 5.97 Å². The van der Waals surface area contributed by atoms with Crippen LogP contribution in [0.2, 0.25) is 0 Å². The van der Waals surface area contributed by atoms with Crippen LogP contribution in [0.15, 0.2) is 36.9 Å². The van der Waals surface area contributed by atoms with E-state index in [1.807, 2.05) is 12.1 Å². The largest absolute Gasteiger partial charge is 0.480 e. The molecule has 0 fully saturated rings. The zero-order valence-electron chi connectivity index (χ0n) is 10.0. The minimum absolute atomic E-state index is 0.203. The minimum Gasteiger partial charge on any atom is -0.480 e. The summed E-state index contributed by atoms with van der Waals surface area (Å²) < 4.78 is 0. The van der Waals surface area contributed by atoms with Crippen molar-refractivity contribution < 1.29 is 14.7 Å². The second-order valence-corrected chi connectivity index (χ2v) is 4.28. The van der Waals surface area contributed by atoms with Gasteiger partial charge in [0.15, 0.2) is 0 Å². The number of hydrogen-bond acceptors (Lipinski definition) is 2.